The van der Waals surface area contributed by atoms with Gasteiger partial charge in [-0.15, -0.1) is 0 Å². The number of carbonyl (C=O) groups is 1. The summed E-state index contributed by atoms with van der Waals surface area (Å²) in [5.74, 6) is -0.905. The maximum absolute atomic E-state index is 13.6. The van der Waals surface area contributed by atoms with Crippen molar-refractivity contribution in [3.8, 4) is 0 Å². The van der Waals surface area contributed by atoms with E-state index in [2.05, 4.69) is 0 Å². The van der Waals surface area contributed by atoms with Gasteiger partial charge < -0.3 is 0 Å². The maximum atomic E-state index is 13.6. The van der Waals surface area contributed by atoms with Crippen LogP contribution in [0.4, 0.5) is 37.7 Å². The Morgan fingerprint density at radius 1 is 0.621 bits per heavy atom. The summed E-state index contributed by atoms with van der Waals surface area (Å²) in [6.45, 7) is 8.20. The second kappa shape index (κ2) is 19.6. The summed E-state index contributed by atoms with van der Waals surface area (Å²) in [5, 5.41) is 15.9. The molecule has 6 N–H and O–H groups in total. The Morgan fingerprint density at radius 3 is 1.33 bits per heavy atom. The monoisotopic (exact) mass is 1070 g/mol. The summed E-state index contributed by atoms with van der Waals surface area (Å²) >= 11 is -10.4. The van der Waals surface area contributed by atoms with Gasteiger partial charge in [-0.05, 0) is 0 Å². The summed E-state index contributed by atoms with van der Waals surface area (Å²) in [7, 11) is 0. The topological polar surface area (TPSA) is 239 Å². The van der Waals surface area contributed by atoms with Crippen LogP contribution in [0.15, 0.2) is 67.0 Å². The molecule has 0 aliphatic carbocycles. The average Bonchev–Trinajstić information content (AvgIpc) is 3.14. The Labute approximate surface area is 379 Å². The van der Waals surface area contributed by atoms with Crippen LogP contribution in [-0.4, -0.2) is 91.7 Å². The summed E-state index contributed by atoms with van der Waals surface area (Å²) in [6.07, 6.45) is -2.70. The Morgan fingerprint density at radius 2 is 1.00 bits per heavy atom. The van der Waals surface area contributed by atoms with E-state index in [4.69, 9.17) is 19.0 Å². The normalized spacial score (nSPS) is 16.0. The van der Waals surface area contributed by atoms with Crippen LogP contribution in [0.1, 0.15) is 94.9 Å². The molecule has 0 saturated heterocycles. The number of carboxylic acid groups (broad SMARTS) is 1. The van der Waals surface area contributed by atoms with E-state index in [1.807, 2.05) is 23.6 Å². The van der Waals surface area contributed by atoms with Crippen LogP contribution in [-0.2, 0) is 24.6 Å². The fourth-order valence-electron chi connectivity index (χ4n) is 8.41. The molecule has 0 unspecified atom stereocenters. The van der Waals surface area contributed by atoms with Crippen molar-refractivity contribution in [2.24, 2.45) is 0 Å². The Hall–Kier alpha value is -4.49. The number of hydrogen-bond acceptors (Lipinski definition) is 10. The number of halogens is 6. The second-order valence-corrected chi connectivity index (χ2v) is 24.2. The number of hydrogen-bond donors (Lipinski definition) is 6. The number of alkyl halides is 6. The Kier molecular flexibility index (Phi) is 15.6. The summed E-state index contributed by atoms with van der Waals surface area (Å²) in [5.41, 5.74) is -4.86. The van der Waals surface area contributed by atoms with Gasteiger partial charge >= 0.3 is 380 Å². The van der Waals surface area contributed by atoms with Gasteiger partial charge in [0.15, 0.2) is 0 Å². The van der Waals surface area contributed by atoms with Gasteiger partial charge in [0.25, 0.3) is 0 Å². The predicted molar refractivity (Wildman–Crippen MR) is 232 cm³/mol. The van der Waals surface area contributed by atoms with Gasteiger partial charge in [-0.25, -0.2) is 0 Å². The van der Waals surface area contributed by atoms with Crippen LogP contribution < -0.4 is 21.1 Å². The molecule has 0 radical (unpaired) electrons. The molecule has 15 nitrogen and oxygen atoms in total. The van der Waals surface area contributed by atoms with Crippen molar-refractivity contribution in [3.05, 3.63) is 91.6 Å². The molecule has 2 aromatic heterocycles. The van der Waals surface area contributed by atoms with Gasteiger partial charge in [0.1, 0.15) is 0 Å². The van der Waals surface area contributed by atoms with E-state index < -0.39 is 90.5 Å². The van der Waals surface area contributed by atoms with Gasteiger partial charge in [-0.3, -0.25) is 0 Å². The fraction of sp³-hybridized carbons (Fsp3) is 0.465. The number of aliphatic hydroxyl groups is 1. The van der Waals surface area contributed by atoms with Gasteiger partial charge in [-0.2, -0.15) is 0 Å². The molecule has 4 heterocycles. The molecule has 2 aliphatic heterocycles. The van der Waals surface area contributed by atoms with E-state index in [0.29, 0.717) is 68.7 Å². The van der Waals surface area contributed by atoms with E-state index in [1.165, 1.54) is 24.3 Å². The zero-order chi connectivity index (χ0) is 49.4. The zero-order valence-electron chi connectivity index (χ0n) is 36.2. The molecule has 0 bridgehead atoms. The molecule has 23 heteroatoms. The fourth-order valence-corrected chi connectivity index (χ4v) is 11.4. The van der Waals surface area contributed by atoms with Crippen LogP contribution >= 0.6 is 0 Å². The van der Waals surface area contributed by atoms with Gasteiger partial charge in [0.2, 0.25) is 0 Å². The SMILES string of the molecule is CC1(C)C=C(C[As](=O)(O)O)c2cc3c(C(F)(F)F)cc(=O)oc3cc2N1CCCCCC(=O)O.CC1(C)C=C(C[As](=O)(O)O)c2cc3c(C(F)(F)F)cc(=O)oc3cc2N1CCCCCO. The van der Waals surface area contributed by atoms with Crippen LogP contribution in [0.3, 0.4) is 0 Å². The van der Waals surface area contributed by atoms with Crippen LogP contribution in [0.25, 0.3) is 33.1 Å². The summed E-state index contributed by atoms with van der Waals surface area (Å²) < 4.78 is 154. The first kappa shape index (κ1) is 52.5. The molecule has 0 atom stereocenters. The molecule has 4 aromatic rings. The zero-order valence-corrected chi connectivity index (χ0v) is 40.0. The number of unbranched alkanes of at least 4 members (excludes halogenated alkanes) is 4. The molecular weight excluding hydrogens is 1020 g/mol. The first-order valence-corrected chi connectivity index (χ1v) is 28.1. The first-order chi connectivity index (χ1) is 30.3. The van der Waals surface area contributed by atoms with Crippen LogP contribution in [0.5, 0.6) is 0 Å². The van der Waals surface area contributed by atoms with Crippen molar-refractivity contribution in [1.29, 1.82) is 0 Å². The average molecular weight is 1070 g/mol. The molecule has 0 amide bonds. The van der Waals surface area contributed by atoms with E-state index in [0.717, 1.165) is 6.42 Å². The molecule has 0 saturated carbocycles. The number of anilines is 2. The third-order valence-corrected chi connectivity index (χ3v) is 14.3. The molecule has 0 spiro atoms. The second-order valence-electron chi connectivity index (χ2n) is 17.3. The van der Waals surface area contributed by atoms with Gasteiger partial charge in [0.05, 0.1) is 0 Å². The molecule has 0 fully saturated rings. The summed E-state index contributed by atoms with van der Waals surface area (Å²) in [4.78, 5) is 38.2. The number of aliphatic hydroxyl groups excluding tert-OH is 1. The predicted octanol–water partition coefficient (Wildman–Crippen LogP) is 7.10. The Bertz CT molecular complexity index is 2770. The van der Waals surface area contributed by atoms with Crippen molar-refractivity contribution in [2.75, 3.05) is 29.5 Å². The number of carboxylic acids is 1. The molecule has 2 aliphatic rings. The number of allylic oxidation sites excluding steroid dienone is 2. The molecular formula is C43H50As2F6N2O13. The number of aliphatic carboxylic acids is 1. The van der Waals surface area contributed by atoms with E-state index in [1.54, 1.807) is 26.0 Å². The third kappa shape index (κ3) is 12.9. The number of nitrogens with zero attached hydrogens (tertiary/aromatic N) is 2. The van der Waals surface area contributed by atoms with E-state index >= 15 is 0 Å². The molecule has 6 rings (SSSR count). The van der Waals surface area contributed by atoms with E-state index in [9.17, 15) is 64.6 Å². The minimum absolute atomic E-state index is 0.0182. The minimum atomic E-state index is -5.22. The van der Waals surface area contributed by atoms with Crippen LogP contribution in [0, 0.1) is 0 Å². The number of fused-ring (bicyclic) bond motifs is 4. The van der Waals surface area contributed by atoms with Crippen molar-refractivity contribution in [2.45, 2.75) is 106 Å². The van der Waals surface area contributed by atoms with Crippen molar-refractivity contribution in [3.63, 3.8) is 0 Å². The van der Waals surface area contributed by atoms with Gasteiger partial charge in [0, 0.05) is 0 Å². The van der Waals surface area contributed by atoms with Crippen molar-refractivity contribution in [1.82, 2.24) is 0 Å². The molecule has 2 aromatic carbocycles. The van der Waals surface area contributed by atoms with Gasteiger partial charge in [-0.1, -0.05) is 0 Å². The Balaban J connectivity index is 0.000000248. The number of benzene rings is 2. The van der Waals surface area contributed by atoms with Crippen molar-refractivity contribution >= 4 is 78.8 Å². The van der Waals surface area contributed by atoms with Crippen LogP contribution in [0.2, 0.25) is 10.4 Å². The summed E-state index contributed by atoms with van der Waals surface area (Å²) in [6, 6.07) is 5.75. The first-order valence-electron chi connectivity index (χ1n) is 20.6. The molecule has 362 valence electrons. The third-order valence-electron chi connectivity index (χ3n) is 11.1. The van der Waals surface area contributed by atoms with E-state index in [-0.39, 0.29) is 57.2 Å². The quantitative estimate of drug-likeness (QED) is 0.0301. The van der Waals surface area contributed by atoms with Crippen molar-refractivity contribution < 1.29 is 74.0 Å². The number of rotatable bonds is 15. The standard InChI is InChI=1S/C22H25AsF3NO7.C21H25AsF3NO6/c1-21(2)11-13(12-23(31,32)33)14-8-15-16(22(24,25)26)9-20(30)34-18(15)10-17(14)27(21)7-5-3-4-6-19(28)29;1-20(2)11-13(12-22(29,30)31)14-8-15-16(21(23,24)25)9-19(28)32-18(15)10-17(14)26(20)6-4-3-5-7-27/h8-11H,3-7,12H2,1-2H3,(H,28,29)(H2,31,32,33);8-11,27H,3-7,12H2,1-2H3,(H2,29,30,31). The molecule has 66 heavy (non-hydrogen) atoms.